The minimum absolute atomic E-state index is 0.267. The molecule has 21 heavy (non-hydrogen) atoms. The van der Waals surface area contributed by atoms with E-state index in [0.717, 1.165) is 37.4 Å². The smallest absolute Gasteiger partial charge is 0.134 e. The van der Waals surface area contributed by atoms with E-state index in [0.29, 0.717) is 6.61 Å². The monoisotopic (exact) mass is 287 g/mol. The molecule has 0 radical (unpaired) electrons. The number of rotatable bonds is 4. The van der Waals surface area contributed by atoms with Crippen molar-refractivity contribution in [3.8, 4) is 5.75 Å². The number of piperidine rings is 1. The molecular weight excluding hydrogens is 266 g/mol. The van der Waals surface area contributed by atoms with Gasteiger partial charge in [-0.15, -0.1) is 5.10 Å². The van der Waals surface area contributed by atoms with Gasteiger partial charge in [0.2, 0.25) is 0 Å². The first-order chi connectivity index (χ1) is 10.2. The molecule has 2 heterocycles. The zero-order chi connectivity index (χ0) is 14.7. The van der Waals surface area contributed by atoms with Crippen LogP contribution in [0.15, 0.2) is 30.5 Å². The van der Waals surface area contributed by atoms with Gasteiger partial charge < -0.3 is 15.4 Å². The van der Waals surface area contributed by atoms with Gasteiger partial charge in [-0.25, -0.2) is 0 Å². The third-order valence-electron chi connectivity index (χ3n) is 3.68. The molecule has 1 atom stereocenters. The van der Waals surface area contributed by atoms with Crippen molar-refractivity contribution in [3.05, 3.63) is 36.2 Å². The molecule has 1 unspecified atom stereocenters. The Kier molecular flexibility index (Phi) is 4.06. The number of aromatic nitrogens is 3. The minimum Gasteiger partial charge on any atom is -0.487 e. The van der Waals surface area contributed by atoms with Crippen LogP contribution >= 0.6 is 0 Å². The van der Waals surface area contributed by atoms with Crippen LogP contribution in [0.25, 0.3) is 0 Å². The Hall–Kier alpha value is -2.08. The first-order valence-electron chi connectivity index (χ1n) is 7.29. The second kappa shape index (κ2) is 6.13. The van der Waals surface area contributed by atoms with E-state index in [-0.39, 0.29) is 6.04 Å². The lowest BCUT2D eigenvalue weighted by atomic mass is 10.1. The molecule has 0 bridgehead atoms. The van der Waals surface area contributed by atoms with Crippen LogP contribution in [0.3, 0.4) is 0 Å². The molecule has 112 valence electrons. The van der Waals surface area contributed by atoms with E-state index in [9.17, 15) is 0 Å². The fourth-order valence-electron chi connectivity index (χ4n) is 2.63. The van der Waals surface area contributed by atoms with Crippen LogP contribution in [0.1, 0.15) is 18.5 Å². The van der Waals surface area contributed by atoms with E-state index in [1.54, 1.807) is 4.68 Å². The summed E-state index contributed by atoms with van der Waals surface area (Å²) in [6.45, 7) is 2.39. The first kappa shape index (κ1) is 13.9. The van der Waals surface area contributed by atoms with E-state index in [1.165, 1.54) is 5.69 Å². The Balaban J connectivity index is 1.65. The summed E-state index contributed by atoms with van der Waals surface area (Å²) < 4.78 is 7.46. The number of nitrogens with two attached hydrogens (primary N) is 1. The normalized spacial score (nSPS) is 18.8. The molecule has 0 aliphatic carbocycles. The predicted molar refractivity (Wildman–Crippen MR) is 81.2 cm³/mol. The van der Waals surface area contributed by atoms with Crippen molar-refractivity contribution in [2.45, 2.75) is 25.5 Å². The lowest BCUT2D eigenvalue weighted by Crippen LogP contribution is -2.42. The average Bonchev–Trinajstić information content (AvgIpc) is 2.91. The molecule has 0 saturated carbocycles. The van der Waals surface area contributed by atoms with Gasteiger partial charge in [-0.3, -0.25) is 4.68 Å². The summed E-state index contributed by atoms with van der Waals surface area (Å²) in [5, 5.41) is 7.91. The molecule has 6 heteroatoms. The molecule has 1 aliphatic heterocycles. The van der Waals surface area contributed by atoms with E-state index >= 15 is 0 Å². The summed E-state index contributed by atoms with van der Waals surface area (Å²) in [7, 11) is 1.84. The Morgan fingerprint density at radius 3 is 3.10 bits per heavy atom. The zero-order valence-corrected chi connectivity index (χ0v) is 12.3. The molecule has 0 amide bonds. The Morgan fingerprint density at radius 1 is 1.43 bits per heavy atom. The van der Waals surface area contributed by atoms with Crippen molar-refractivity contribution >= 4 is 5.69 Å². The zero-order valence-electron chi connectivity index (χ0n) is 12.3. The maximum Gasteiger partial charge on any atom is 0.134 e. The van der Waals surface area contributed by atoms with Gasteiger partial charge in [-0.05, 0) is 25.0 Å². The molecule has 6 nitrogen and oxygen atoms in total. The second-order valence-electron chi connectivity index (χ2n) is 5.52. The SMILES string of the molecule is Cn1cc(COc2cccc(N3CCCC(N)C3)c2)nn1. The van der Waals surface area contributed by atoms with Crippen LogP contribution in [0.4, 0.5) is 5.69 Å². The highest BCUT2D eigenvalue weighted by molar-refractivity contribution is 5.51. The third kappa shape index (κ3) is 3.52. The van der Waals surface area contributed by atoms with Crippen LogP contribution in [-0.4, -0.2) is 34.1 Å². The summed E-state index contributed by atoms with van der Waals surface area (Å²) >= 11 is 0. The fourth-order valence-corrected chi connectivity index (χ4v) is 2.63. The molecule has 1 saturated heterocycles. The summed E-state index contributed by atoms with van der Waals surface area (Å²) in [6.07, 6.45) is 4.11. The minimum atomic E-state index is 0.267. The summed E-state index contributed by atoms with van der Waals surface area (Å²) in [6, 6.07) is 8.41. The largest absolute Gasteiger partial charge is 0.487 e. The van der Waals surface area contributed by atoms with Crippen molar-refractivity contribution in [3.63, 3.8) is 0 Å². The highest BCUT2D eigenvalue weighted by Gasteiger charge is 2.17. The van der Waals surface area contributed by atoms with Crippen molar-refractivity contribution in [1.82, 2.24) is 15.0 Å². The molecule has 1 aromatic carbocycles. The van der Waals surface area contributed by atoms with E-state index in [2.05, 4.69) is 27.3 Å². The molecule has 1 fully saturated rings. The standard InChI is InChI=1S/C15H21N5O/c1-19-10-13(17-18-19)11-21-15-6-2-5-14(8-15)20-7-3-4-12(16)9-20/h2,5-6,8,10,12H,3-4,7,9,11,16H2,1H3. The molecule has 2 N–H and O–H groups in total. The molecule has 3 rings (SSSR count). The van der Waals surface area contributed by atoms with E-state index in [1.807, 2.05) is 25.4 Å². The van der Waals surface area contributed by atoms with Gasteiger partial charge in [-0.2, -0.15) is 0 Å². The lowest BCUT2D eigenvalue weighted by Gasteiger charge is -2.32. The van der Waals surface area contributed by atoms with Crippen LogP contribution in [-0.2, 0) is 13.7 Å². The molecule has 1 aliphatic rings. The second-order valence-corrected chi connectivity index (χ2v) is 5.52. The first-order valence-corrected chi connectivity index (χ1v) is 7.29. The highest BCUT2D eigenvalue weighted by atomic mass is 16.5. The fraction of sp³-hybridized carbons (Fsp3) is 0.467. The summed E-state index contributed by atoms with van der Waals surface area (Å²) in [5.41, 5.74) is 8.04. The Bertz CT molecular complexity index is 597. The number of hydrogen-bond acceptors (Lipinski definition) is 5. The van der Waals surface area contributed by atoms with Gasteiger partial charge in [0.1, 0.15) is 18.1 Å². The number of ether oxygens (including phenoxy) is 1. The van der Waals surface area contributed by atoms with E-state index < -0.39 is 0 Å². The third-order valence-corrected chi connectivity index (χ3v) is 3.68. The van der Waals surface area contributed by atoms with Crippen LogP contribution < -0.4 is 15.4 Å². The van der Waals surface area contributed by atoms with Gasteiger partial charge in [-0.1, -0.05) is 11.3 Å². The summed E-state index contributed by atoms with van der Waals surface area (Å²) in [4.78, 5) is 2.32. The molecule has 2 aromatic rings. The molecule has 1 aromatic heterocycles. The van der Waals surface area contributed by atoms with Crippen molar-refractivity contribution in [2.24, 2.45) is 12.8 Å². The van der Waals surface area contributed by atoms with Gasteiger partial charge in [0.25, 0.3) is 0 Å². The van der Waals surface area contributed by atoms with Gasteiger partial charge >= 0.3 is 0 Å². The van der Waals surface area contributed by atoms with E-state index in [4.69, 9.17) is 10.5 Å². The van der Waals surface area contributed by atoms with Gasteiger partial charge in [0, 0.05) is 37.9 Å². The number of hydrogen-bond donors (Lipinski definition) is 1. The Labute approximate surface area is 124 Å². The maximum absolute atomic E-state index is 6.05. The van der Waals surface area contributed by atoms with Crippen molar-refractivity contribution < 1.29 is 4.74 Å². The Morgan fingerprint density at radius 2 is 2.33 bits per heavy atom. The lowest BCUT2D eigenvalue weighted by molar-refractivity contribution is 0.301. The number of benzene rings is 1. The predicted octanol–water partition coefficient (Wildman–Crippen LogP) is 1.32. The molecule has 0 spiro atoms. The van der Waals surface area contributed by atoms with Crippen molar-refractivity contribution in [2.75, 3.05) is 18.0 Å². The van der Waals surface area contributed by atoms with Crippen molar-refractivity contribution in [1.29, 1.82) is 0 Å². The maximum atomic E-state index is 6.05. The number of aryl methyl sites for hydroxylation is 1. The van der Waals surface area contributed by atoms with Crippen LogP contribution in [0.5, 0.6) is 5.75 Å². The van der Waals surface area contributed by atoms with Gasteiger partial charge in [0.05, 0.1) is 6.20 Å². The molecular formula is C15H21N5O. The van der Waals surface area contributed by atoms with Crippen LogP contribution in [0.2, 0.25) is 0 Å². The number of nitrogens with zero attached hydrogens (tertiary/aromatic N) is 4. The topological polar surface area (TPSA) is 69.2 Å². The van der Waals surface area contributed by atoms with Gasteiger partial charge in [0.15, 0.2) is 0 Å². The average molecular weight is 287 g/mol. The highest BCUT2D eigenvalue weighted by Crippen LogP contribution is 2.24. The summed E-state index contributed by atoms with van der Waals surface area (Å²) in [5.74, 6) is 0.845. The number of anilines is 1. The van der Waals surface area contributed by atoms with Crippen LogP contribution in [0, 0.1) is 0 Å². The quantitative estimate of drug-likeness (QED) is 0.918.